The second-order valence-corrected chi connectivity index (χ2v) is 1.34. The summed E-state index contributed by atoms with van der Waals surface area (Å²) in [6.45, 7) is 4.00. The minimum Gasteiger partial charge on any atom is -0.508 e. The molecule has 1 radical (unpaired) electrons. The molecule has 0 heterocycles. The van der Waals surface area contributed by atoms with Crippen molar-refractivity contribution in [2.45, 2.75) is 13.8 Å². The van der Waals surface area contributed by atoms with Gasteiger partial charge in [-0.25, -0.2) is 0 Å². The summed E-state index contributed by atoms with van der Waals surface area (Å²) in [6, 6.07) is 8.71. The molecule has 0 saturated carbocycles. The maximum absolute atomic E-state index is 8.63. The fourth-order valence-corrected chi connectivity index (χ4v) is 0.428. The molecular weight excluding hydrogens is 201 g/mol. The smallest absolute Gasteiger partial charge is 0.115 e. The molecule has 0 amide bonds. The van der Waals surface area contributed by atoms with E-state index in [2.05, 4.69) is 0 Å². The van der Waals surface area contributed by atoms with E-state index in [1.54, 1.807) is 24.3 Å². The van der Waals surface area contributed by atoms with E-state index in [-0.39, 0.29) is 32.7 Å². The molecule has 0 aromatic heterocycles. The Morgan fingerprint density at radius 3 is 1.60 bits per heavy atom. The van der Waals surface area contributed by atoms with Gasteiger partial charge in [0.25, 0.3) is 0 Å². The number of hydrogen-bond acceptors (Lipinski definition) is 1. The monoisotopic (exact) mass is 213 g/mol. The summed E-state index contributed by atoms with van der Waals surface area (Å²) in [5, 5.41) is 8.63. The van der Waals surface area contributed by atoms with Crippen LogP contribution in [0.4, 0.5) is 0 Å². The van der Waals surface area contributed by atoms with Crippen molar-refractivity contribution >= 4 is 0 Å². The zero-order valence-corrected chi connectivity index (χ0v) is 9.25. The average Bonchev–Trinajstić information content (AvgIpc) is 1.94. The van der Waals surface area contributed by atoms with Crippen molar-refractivity contribution in [3.05, 3.63) is 30.3 Å². The van der Waals surface area contributed by atoms with E-state index < -0.39 is 0 Å². The molecule has 0 aliphatic carbocycles. The minimum absolute atomic E-state index is 0. The zero-order chi connectivity index (χ0) is 7.11. The van der Waals surface area contributed by atoms with Gasteiger partial charge in [0.05, 0.1) is 0 Å². The van der Waals surface area contributed by atoms with Crippen LogP contribution in [0.5, 0.6) is 5.75 Å². The Morgan fingerprint density at radius 2 is 1.40 bits per heavy atom. The Kier molecular flexibility index (Phi) is 11.7. The van der Waals surface area contributed by atoms with E-state index in [1.165, 1.54) is 0 Å². The van der Waals surface area contributed by atoms with Gasteiger partial charge in [-0.15, -0.1) is 0 Å². The van der Waals surface area contributed by atoms with Gasteiger partial charge in [-0.05, 0) is 12.1 Å². The average molecular weight is 213 g/mol. The number of aromatic hydroxyl groups is 1. The summed E-state index contributed by atoms with van der Waals surface area (Å²) in [6.07, 6.45) is 0. The fourth-order valence-electron chi connectivity index (χ4n) is 0.428. The topological polar surface area (TPSA) is 20.2 Å². The van der Waals surface area contributed by atoms with Crippen LogP contribution >= 0.6 is 0 Å². The normalized spacial score (nSPS) is 6.60. The molecule has 1 rings (SSSR count). The number of rotatable bonds is 0. The van der Waals surface area contributed by atoms with E-state index >= 15 is 0 Å². The predicted molar refractivity (Wildman–Crippen MR) is 39.5 cm³/mol. The summed E-state index contributed by atoms with van der Waals surface area (Å²) in [4.78, 5) is 0. The fraction of sp³-hybridized carbons (Fsp3) is 0.250. The Labute approximate surface area is 87.3 Å². The molecule has 1 aromatic rings. The van der Waals surface area contributed by atoms with Crippen LogP contribution in [0.2, 0.25) is 0 Å². The maximum atomic E-state index is 8.63. The van der Waals surface area contributed by atoms with Crippen LogP contribution in [0, 0.1) is 0 Å². The largest absolute Gasteiger partial charge is 0.508 e. The molecule has 53 valence electrons. The Hall–Kier alpha value is 0.124. The van der Waals surface area contributed by atoms with Gasteiger partial charge in [0, 0.05) is 32.7 Å². The van der Waals surface area contributed by atoms with Crippen LogP contribution in [0.1, 0.15) is 13.8 Å². The quantitative estimate of drug-likeness (QED) is 0.701. The SMILES string of the molecule is CC.Oc1ccccc1.[Y]. The zero-order valence-electron chi connectivity index (χ0n) is 6.41. The van der Waals surface area contributed by atoms with Crippen molar-refractivity contribution < 1.29 is 37.8 Å². The third kappa shape index (κ3) is 6.25. The van der Waals surface area contributed by atoms with Crippen molar-refractivity contribution in [3.8, 4) is 5.75 Å². The van der Waals surface area contributed by atoms with E-state index in [0.717, 1.165) is 0 Å². The summed E-state index contributed by atoms with van der Waals surface area (Å²) >= 11 is 0. The summed E-state index contributed by atoms with van der Waals surface area (Å²) in [5.74, 6) is 0.322. The maximum Gasteiger partial charge on any atom is 0.115 e. The van der Waals surface area contributed by atoms with Crippen LogP contribution in [0.15, 0.2) is 30.3 Å². The molecule has 0 spiro atoms. The number of benzene rings is 1. The molecule has 0 bridgehead atoms. The van der Waals surface area contributed by atoms with Gasteiger partial charge in [0.1, 0.15) is 5.75 Å². The predicted octanol–water partition coefficient (Wildman–Crippen LogP) is 2.42. The Morgan fingerprint density at radius 1 is 1.00 bits per heavy atom. The molecule has 0 atom stereocenters. The van der Waals surface area contributed by atoms with Gasteiger partial charge < -0.3 is 5.11 Å². The second kappa shape index (κ2) is 9.12. The third-order valence-corrected chi connectivity index (χ3v) is 0.756. The van der Waals surface area contributed by atoms with Crippen molar-refractivity contribution in [1.82, 2.24) is 0 Å². The van der Waals surface area contributed by atoms with Gasteiger partial charge in [0.15, 0.2) is 0 Å². The van der Waals surface area contributed by atoms with Crippen LogP contribution in [0.25, 0.3) is 0 Å². The van der Waals surface area contributed by atoms with Crippen molar-refractivity contribution in [3.63, 3.8) is 0 Å². The molecule has 1 aromatic carbocycles. The molecule has 1 N–H and O–H groups in total. The van der Waals surface area contributed by atoms with Gasteiger partial charge >= 0.3 is 0 Å². The van der Waals surface area contributed by atoms with Crippen LogP contribution in [-0.4, -0.2) is 5.11 Å². The van der Waals surface area contributed by atoms with E-state index in [4.69, 9.17) is 5.11 Å². The van der Waals surface area contributed by atoms with Gasteiger partial charge in [-0.1, -0.05) is 32.0 Å². The molecule has 0 fully saturated rings. The molecular formula is C8H12OY. The summed E-state index contributed by atoms with van der Waals surface area (Å²) < 4.78 is 0. The first-order chi connectivity index (χ1) is 4.39. The molecule has 0 aliphatic heterocycles. The first-order valence-corrected chi connectivity index (χ1v) is 3.13. The molecule has 0 aliphatic rings. The van der Waals surface area contributed by atoms with Gasteiger partial charge in [0.2, 0.25) is 0 Å². The van der Waals surface area contributed by atoms with Crippen LogP contribution in [0.3, 0.4) is 0 Å². The molecule has 1 nitrogen and oxygen atoms in total. The molecule has 0 unspecified atom stereocenters. The van der Waals surface area contributed by atoms with Gasteiger partial charge in [-0.3, -0.25) is 0 Å². The minimum atomic E-state index is 0. The first kappa shape index (κ1) is 12.8. The van der Waals surface area contributed by atoms with Gasteiger partial charge in [-0.2, -0.15) is 0 Å². The number of para-hydroxylation sites is 1. The standard InChI is InChI=1S/C6H6O.C2H6.Y/c7-6-4-2-1-3-5-6;1-2;/h1-5,7H;1-2H3;. The van der Waals surface area contributed by atoms with Crippen LogP contribution in [-0.2, 0) is 32.7 Å². The molecule has 10 heavy (non-hydrogen) atoms. The molecule has 0 saturated heterocycles. The second-order valence-electron chi connectivity index (χ2n) is 1.34. The summed E-state index contributed by atoms with van der Waals surface area (Å²) in [7, 11) is 0. The first-order valence-electron chi connectivity index (χ1n) is 3.13. The van der Waals surface area contributed by atoms with Crippen molar-refractivity contribution in [1.29, 1.82) is 0 Å². The molecule has 2 heteroatoms. The van der Waals surface area contributed by atoms with E-state index in [1.807, 2.05) is 19.9 Å². The Balaban J connectivity index is 0. The van der Waals surface area contributed by atoms with Crippen molar-refractivity contribution in [2.75, 3.05) is 0 Å². The third-order valence-electron chi connectivity index (χ3n) is 0.756. The summed E-state index contributed by atoms with van der Waals surface area (Å²) in [5.41, 5.74) is 0. The Bertz CT molecular complexity index is 139. The van der Waals surface area contributed by atoms with Crippen molar-refractivity contribution in [2.24, 2.45) is 0 Å². The van der Waals surface area contributed by atoms with E-state index in [9.17, 15) is 0 Å². The van der Waals surface area contributed by atoms with E-state index in [0.29, 0.717) is 5.75 Å². The van der Waals surface area contributed by atoms with Crippen LogP contribution < -0.4 is 0 Å². The number of phenols is 1. The number of phenolic OH excluding ortho intramolecular Hbond substituents is 1. The number of hydrogen-bond donors (Lipinski definition) is 1.